The molecule has 0 amide bonds. The third-order valence-corrected chi connectivity index (χ3v) is 4.41. The molecule has 0 aliphatic rings. The van der Waals surface area contributed by atoms with E-state index in [9.17, 15) is 0 Å². The molecule has 0 bridgehead atoms. The first kappa shape index (κ1) is 17.3. The first-order valence-electron chi connectivity index (χ1n) is 8.21. The van der Waals surface area contributed by atoms with E-state index in [-0.39, 0.29) is 5.41 Å². The zero-order valence-electron chi connectivity index (χ0n) is 14.7. The smallest absolute Gasteiger partial charge is 0.212 e. The average molecular weight is 309 g/mol. The van der Waals surface area contributed by atoms with Crippen molar-refractivity contribution in [3.63, 3.8) is 0 Å². The number of aryl methyl sites for hydroxylation is 1. The summed E-state index contributed by atoms with van der Waals surface area (Å²) in [7, 11) is 1.65. The van der Waals surface area contributed by atoms with Gasteiger partial charge in [-0.25, -0.2) is 4.98 Å². The van der Waals surface area contributed by atoms with E-state index in [2.05, 4.69) is 68.2 Å². The topological polar surface area (TPSA) is 22.1 Å². The number of hydrogen-bond donors (Lipinski definition) is 0. The van der Waals surface area contributed by atoms with Crippen LogP contribution in [0.25, 0.3) is 0 Å². The SMILES string of the molecule is COc1ccc(C(C)(CC=C(C)C)CCc2ccccc2)cn1. The van der Waals surface area contributed by atoms with Crippen molar-refractivity contribution in [2.24, 2.45) is 0 Å². The highest BCUT2D eigenvalue weighted by Gasteiger charge is 2.25. The lowest BCUT2D eigenvalue weighted by molar-refractivity contribution is 0.393. The molecular formula is C21H27NO. The van der Waals surface area contributed by atoms with E-state index >= 15 is 0 Å². The molecule has 0 aliphatic heterocycles. The van der Waals surface area contributed by atoms with Crippen molar-refractivity contribution < 1.29 is 4.74 Å². The summed E-state index contributed by atoms with van der Waals surface area (Å²) in [6.07, 6.45) is 7.48. The molecule has 2 rings (SSSR count). The Morgan fingerprint density at radius 1 is 1.13 bits per heavy atom. The van der Waals surface area contributed by atoms with Gasteiger partial charge < -0.3 is 4.74 Å². The molecule has 0 fully saturated rings. The molecule has 0 aliphatic carbocycles. The van der Waals surface area contributed by atoms with Gasteiger partial charge in [0.2, 0.25) is 5.88 Å². The number of ether oxygens (including phenoxy) is 1. The van der Waals surface area contributed by atoms with Crippen LogP contribution in [0.2, 0.25) is 0 Å². The molecule has 23 heavy (non-hydrogen) atoms. The minimum Gasteiger partial charge on any atom is -0.481 e. The molecular weight excluding hydrogens is 282 g/mol. The number of pyridine rings is 1. The quantitative estimate of drug-likeness (QED) is 0.644. The third-order valence-electron chi connectivity index (χ3n) is 4.41. The van der Waals surface area contributed by atoms with Crippen molar-refractivity contribution in [1.29, 1.82) is 0 Å². The van der Waals surface area contributed by atoms with E-state index in [1.807, 2.05) is 12.3 Å². The number of allylic oxidation sites excluding steroid dienone is 2. The Morgan fingerprint density at radius 3 is 2.43 bits per heavy atom. The molecule has 2 heteroatoms. The highest BCUT2D eigenvalue weighted by atomic mass is 16.5. The zero-order valence-corrected chi connectivity index (χ0v) is 14.7. The molecule has 0 spiro atoms. The van der Waals surface area contributed by atoms with Crippen LogP contribution in [0, 0.1) is 0 Å². The lowest BCUT2D eigenvalue weighted by atomic mass is 9.75. The van der Waals surface area contributed by atoms with E-state index < -0.39 is 0 Å². The van der Waals surface area contributed by atoms with Gasteiger partial charge >= 0.3 is 0 Å². The summed E-state index contributed by atoms with van der Waals surface area (Å²) in [5.41, 5.74) is 4.09. The van der Waals surface area contributed by atoms with Gasteiger partial charge in [0.1, 0.15) is 0 Å². The molecule has 1 heterocycles. The molecule has 0 saturated heterocycles. The van der Waals surface area contributed by atoms with Gasteiger partial charge in [0.05, 0.1) is 7.11 Å². The van der Waals surface area contributed by atoms with Crippen LogP contribution in [0.3, 0.4) is 0 Å². The van der Waals surface area contributed by atoms with Gasteiger partial charge in [-0.1, -0.05) is 55.0 Å². The van der Waals surface area contributed by atoms with E-state index in [0.29, 0.717) is 5.88 Å². The lowest BCUT2D eigenvalue weighted by Gasteiger charge is -2.29. The minimum absolute atomic E-state index is 0.0758. The highest BCUT2D eigenvalue weighted by Crippen LogP contribution is 2.34. The van der Waals surface area contributed by atoms with Crippen LogP contribution in [0.15, 0.2) is 60.3 Å². The van der Waals surface area contributed by atoms with Crippen molar-refractivity contribution in [3.05, 3.63) is 71.4 Å². The zero-order chi connectivity index (χ0) is 16.7. The molecule has 0 saturated carbocycles. The summed E-state index contributed by atoms with van der Waals surface area (Å²) < 4.78 is 5.19. The van der Waals surface area contributed by atoms with Crippen LogP contribution in [0.5, 0.6) is 5.88 Å². The fourth-order valence-electron chi connectivity index (χ4n) is 2.72. The summed E-state index contributed by atoms with van der Waals surface area (Å²) in [5, 5.41) is 0. The van der Waals surface area contributed by atoms with Gasteiger partial charge in [-0.3, -0.25) is 0 Å². The van der Waals surface area contributed by atoms with Crippen molar-refractivity contribution in [2.45, 2.75) is 45.4 Å². The van der Waals surface area contributed by atoms with Crippen LogP contribution < -0.4 is 4.74 Å². The number of rotatable bonds is 7. The Hall–Kier alpha value is -2.09. The third kappa shape index (κ3) is 4.95. The summed E-state index contributed by atoms with van der Waals surface area (Å²) in [5.74, 6) is 0.668. The second kappa shape index (κ2) is 7.96. The van der Waals surface area contributed by atoms with Crippen LogP contribution >= 0.6 is 0 Å². The van der Waals surface area contributed by atoms with Crippen LogP contribution in [-0.4, -0.2) is 12.1 Å². The van der Waals surface area contributed by atoms with Gasteiger partial charge in [0, 0.05) is 12.3 Å². The lowest BCUT2D eigenvalue weighted by Crippen LogP contribution is -2.22. The van der Waals surface area contributed by atoms with Crippen molar-refractivity contribution in [1.82, 2.24) is 4.98 Å². The molecule has 0 N–H and O–H groups in total. The predicted molar refractivity (Wildman–Crippen MR) is 97.0 cm³/mol. The van der Waals surface area contributed by atoms with Crippen molar-refractivity contribution in [2.75, 3.05) is 7.11 Å². The maximum absolute atomic E-state index is 5.19. The van der Waals surface area contributed by atoms with Gasteiger partial charge in [-0.05, 0) is 49.7 Å². The maximum atomic E-state index is 5.19. The van der Waals surface area contributed by atoms with Crippen LogP contribution in [0.4, 0.5) is 0 Å². The maximum Gasteiger partial charge on any atom is 0.212 e. The van der Waals surface area contributed by atoms with E-state index in [0.717, 1.165) is 19.3 Å². The normalized spacial score (nSPS) is 13.2. The first-order chi connectivity index (χ1) is 11.0. The van der Waals surface area contributed by atoms with Gasteiger partial charge in [0.15, 0.2) is 0 Å². The largest absolute Gasteiger partial charge is 0.481 e. The molecule has 2 nitrogen and oxygen atoms in total. The molecule has 1 unspecified atom stereocenters. The Labute approximate surface area is 140 Å². The van der Waals surface area contributed by atoms with Crippen LogP contribution in [-0.2, 0) is 11.8 Å². The van der Waals surface area contributed by atoms with Crippen molar-refractivity contribution in [3.8, 4) is 5.88 Å². The number of benzene rings is 1. The first-order valence-corrected chi connectivity index (χ1v) is 8.21. The van der Waals surface area contributed by atoms with Crippen molar-refractivity contribution >= 4 is 0 Å². The average Bonchev–Trinajstić information content (AvgIpc) is 2.59. The van der Waals surface area contributed by atoms with Gasteiger partial charge in [0.25, 0.3) is 0 Å². The number of nitrogens with zero attached hydrogens (tertiary/aromatic N) is 1. The minimum atomic E-state index is 0.0758. The fraction of sp³-hybridized carbons (Fsp3) is 0.381. The predicted octanol–water partition coefficient (Wildman–Crippen LogP) is 5.34. The summed E-state index contributed by atoms with van der Waals surface area (Å²) in [4.78, 5) is 4.40. The molecule has 2 aromatic rings. The Bertz CT molecular complexity index is 627. The molecule has 1 aromatic heterocycles. The Kier molecular flexibility index (Phi) is 5.97. The monoisotopic (exact) mass is 309 g/mol. The second-order valence-electron chi connectivity index (χ2n) is 6.62. The number of aromatic nitrogens is 1. The van der Waals surface area contributed by atoms with Crippen LogP contribution in [0.1, 0.15) is 44.7 Å². The highest BCUT2D eigenvalue weighted by molar-refractivity contribution is 5.27. The Balaban J connectivity index is 2.21. The summed E-state index contributed by atoms with van der Waals surface area (Å²) in [6, 6.07) is 14.8. The molecule has 1 atom stereocenters. The van der Waals surface area contributed by atoms with E-state index in [1.165, 1.54) is 16.7 Å². The Morgan fingerprint density at radius 2 is 1.87 bits per heavy atom. The summed E-state index contributed by atoms with van der Waals surface area (Å²) in [6.45, 7) is 6.65. The molecule has 122 valence electrons. The van der Waals surface area contributed by atoms with Gasteiger partial charge in [-0.2, -0.15) is 0 Å². The van der Waals surface area contributed by atoms with Gasteiger partial charge in [-0.15, -0.1) is 0 Å². The fourth-order valence-corrected chi connectivity index (χ4v) is 2.72. The summed E-state index contributed by atoms with van der Waals surface area (Å²) >= 11 is 0. The number of hydrogen-bond acceptors (Lipinski definition) is 2. The van der Waals surface area contributed by atoms with E-state index in [1.54, 1.807) is 7.11 Å². The molecule has 0 radical (unpaired) electrons. The second-order valence-corrected chi connectivity index (χ2v) is 6.62. The number of methoxy groups -OCH3 is 1. The molecule has 1 aromatic carbocycles. The van der Waals surface area contributed by atoms with E-state index in [4.69, 9.17) is 4.74 Å². The standard InChI is InChI=1S/C21H27NO/c1-17(2)12-14-21(3,15-13-18-8-6-5-7-9-18)19-10-11-20(23-4)22-16-19/h5-12,16H,13-15H2,1-4H3.